The van der Waals surface area contributed by atoms with Crippen molar-refractivity contribution < 1.29 is 9.47 Å². The molecule has 7 nitrogen and oxygen atoms in total. The molecule has 3 rings (SSSR count). The van der Waals surface area contributed by atoms with Crippen LogP contribution < -0.4 is 20.1 Å². The summed E-state index contributed by atoms with van der Waals surface area (Å²) in [4.78, 5) is 4.42. The molecule has 0 atom stereocenters. The molecule has 0 aliphatic carbocycles. The number of methoxy groups -OCH3 is 2. The van der Waals surface area contributed by atoms with E-state index in [1.54, 1.807) is 26.5 Å². The first-order chi connectivity index (χ1) is 12.3. The van der Waals surface area contributed by atoms with Crippen LogP contribution in [0.15, 0.2) is 54.7 Å². The first-order valence-electron chi connectivity index (χ1n) is 7.75. The van der Waals surface area contributed by atoms with Gasteiger partial charge >= 0.3 is 0 Å². The fourth-order valence-corrected chi connectivity index (χ4v) is 2.26. The number of benzene rings is 2. The second-order valence-electron chi connectivity index (χ2n) is 5.20. The van der Waals surface area contributed by atoms with Crippen LogP contribution >= 0.6 is 0 Å². The molecule has 3 aromatic rings. The van der Waals surface area contributed by atoms with Crippen molar-refractivity contribution in [1.82, 2.24) is 15.2 Å². The molecule has 0 aliphatic rings. The number of aromatic nitrogens is 3. The molecule has 0 saturated carbocycles. The van der Waals surface area contributed by atoms with E-state index < -0.39 is 0 Å². The standard InChI is InChI=1S/C18H19N5O2/c1-24-14-8-9-15(16(10-14)25-2)21-17-12-20-23-18(22-17)19-11-13-6-4-3-5-7-13/h3-10,12H,11H2,1-2H3,(H2,19,21,22,23). The van der Waals surface area contributed by atoms with E-state index in [4.69, 9.17) is 9.47 Å². The molecule has 0 saturated heterocycles. The molecule has 0 unspecified atom stereocenters. The summed E-state index contributed by atoms with van der Waals surface area (Å²) < 4.78 is 10.6. The average molecular weight is 337 g/mol. The summed E-state index contributed by atoms with van der Waals surface area (Å²) >= 11 is 0. The van der Waals surface area contributed by atoms with Crippen LogP contribution in [-0.2, 0) is 6.54 Å². The maximum absolute atomic E-state index is 5.37. The molecule has 1 aromatic heterocycles. The van der Waals surface area contributed by atoms with E-state index in [9.17, 15) is 0 Å². The number of hydrogen-bond acceptors (Lipinski definition) is 7. The van der Waals surface area contributed by atoms with Crippen molar-refractivity contribution in [2.45, 2.75) is 6.54 Å². The van der Waals surface area contributed by atoms with Crippen molar-refractivity contribution in [3.05, 3.63) is 60.3 Å². The second-order valence-corrected chi connectivity index (χ2v) is 5.20. The zero-order valence-corrected chi connectivity index (χ0v) is 14.1. The van der Waals surface area contributed by atoms with E-state index >= 15 is 0 Å². The third kappa shape index (κ3) is 4.35. The van der Waals surface area contributed by atoms with Gasteiger partial charge in [0, 0.05) is 12.6 Å². The van der Waals surface area contributed by atoms with Gasteiger partial charge in [0.1, 0.15) is 11.5 Å². The smallest absolute Gasteiger partial charge is 0.244 e. The summed E-state index contributed by atoms with van der Waals surface area (Å²) in [5, 5.41) is 14.3. The van der Waals surface area contributed by atoms with Gasteiger partial charge in [-0.05, 0) is 17.7 Å². The normalized spacial score (nSPS) is 10.2. The summed E-state index contributed by atoms with van der Waals surface area (Å²) in [6, 6.07) is 15.5. The van der Waals surface area contributed by atoms with E-state index in [0.29, 0.717) is 29.8 Å². The van der Waals surface area contributed by atoms with Crippen LogP contribution in [0.2, 0.25) is 0 Å². The largest absolute Gasteiger partial charge is 0.497 e. The van der Waals surface area contributed by atoms with Gasteiger partial charge in [-0.2, -0.15) is 10.1 Å². The molecule has 1 heterocycles. The predicted molar refractivity (Wildman–Crippen MR) is 96.4 cm³/mol. The molecule has 0 bridgehead atoms. The maximum atomic E-state index is 5.37. The fraction of sp³-hybridized carbons (Fsp3) is 0.167. The number of hydrogen-bond donors (Lipinski definition) is 2. The van der Waals surface area contributed by atoms with Crippen molar-refractivity contribution in [3.63, 3.8) is 0 Å². The maximum Gasteiger partial charge on any atom is 0.244 e. The number of nitrogens with one attached hydrogen (secondary N) is 2. The SMILES string of the molecule is COc1ccc(Nc2cnnc(NCc3ccccc3)n2)c(OC)c1. The van der Waals surface area contributed by atoms with E-state index in [1.807, 2.05) is 42.5 Å². The Labute approximate surface area is 146 Å². The third-order valence-corrected chi connectivity index (χ3v) is 3.52. The van der Waals surface area contributed by atoms with Crippen molar-refractivity contribution in [1.29, 1.82) is 0 Å². The van der Waals surface area contributed by atoms with Crippen LogP contribution in [-0.4, -0.2) is 29.4 Å². The minimum atomic E-state index is 0.446. The number of rotatable bonds is 7. The van der Waals surface area contributed by atoms with Gasteiger partial charge in [0.05, 0.1) is 26.1 Å². The Kier molecular flexibility index (Phi) is 5.26. The van der Waals surface area contributed by atoms with Crippen LogP contribution in [0.25, 0.3) is 0 Å². The van der Waals surface area contributed by atoms with E-state index in [0.717, 1.165) is 11.3 Å². The summed E-state index contributed by atoms with van der Waals surface area (Å²) in [7, 11) is 3.21. The number of anilines is 3. The highest BCUT2D eigenvalue weighted by atomic mass is 16.5. The Morgan fingerprint density at radius 2 is 1.84 bits per heavy atom. The summed E-state index contributed by atoms with van der Waals surface area (Å²) in [5.74, 6) is 2.38. The monoisotopic (exact) mass is 337 g/mol. The van der Waals surface area contributed by atoms with Crippen molar-refractivity contribution >= 4 is 17.5 Å². The average Bonchev–Trinajstić information content (AvgIpc) is 2.68. The van der Waals surface area contributed by atoms with Crippen molar-refractivity contribution in [2.75, 3.05) is 24.9 Å². The lowest BCUT2D eigenvalue weighted by molar-refractivity contribution is 0.395. The molecular weight excluding hydrogens is 318 g/mol. The first-order valence-corrected chi connectivity index (χ1v) is 7.75. The number of ether oxygens (including phenoxy) is 2. The Balaban J connectivity index is 1.71. The molecule has 7 heteroatoms. The zero-order chi connectivity index (χ0) is 17.5. The molecule has 0 radical (unpaired) electrons. The highest BCUT2D eigenvalue weighted by Gasteiger charge is 2.07. The van der Waals surface area contributed by atoms with Crippen LogP contribution in [0, 0.1) is 0 Å². The lowest BCUT2D eigenvalue weighted by Crippen LogP contribution is -2.06. The third-order valence-electron chi connectivity index (χ3n) is 3.52. The van der Waals surface area contributed by atoms with Crippen LogP contribution in [0.4, 0.5) is 17.5 Å². The number of nitrogens with zero attached hydrogens (tertiary/aromatic N) is 3. The van der Waals surface area contributed by atoms with Gasteiger partial charge in [-0.3, -0.25) is 0 Å². The molecule has 2 aromatic carbocycles. The summed E-state index contributed by atoms with van der Waals surface area (Å²) in [6.07, 6.45) is 1.55. The second kappa shape index (κ2) is 7.96. The Morgan fingerprint density at radius 1 is 1.00 bits per heavy atom. The van der Waals surface area contributed by atoms with Crippen molar-refractivity contribution in [3.8, 4) is 11.5 Å². The zero-order valence-electron chi connectivity index (χ0n) is 14.1. The van der Waals surface area contributed by atoms with E-state index in [1.165, 1.54) is 0 Å². The Hall–Kier alpha value is -3.35. The van der Waals surface area contributed by atoms with Gasteiger partial charge in [0.2, 0.25) is 5.95 Å². The molecule has 0 spiro atoms. The molecule has 25 heavy (non-hydrogen) atoms. The molecular formula is C18H19N5O2. The predicted octanol–water partition coefficient (Wildman–Crippen LogP) is 3.24. The molecule has 2 N–H and O–H groups in total. The highest BCUT2D eigenvalue weighted by Crippen LogP contribution is 2.30. The van der Waals surface area contributed by atoms with Gasteiger partial charge in [0.15, 0.2) is 5.82 Å². The van der Waals surface area contributed by atoms with Crippen molar-refractivity contribution in [2.24, 2.45) is 0 Å². The highest BCUT2D eigenvalue weighted by molar-refractivity contribution is 5.65. The van der Waals surface area contributed by atoms with Crippen LogP contribution in [0.1, 0.15) is 5.56 Å². The quantitative estimate of drug-likeness (QED) is 0.685. The lowest BCUT2D eigenvalue weighted by Gasteiger charge is -2.12. The van der Waals surface area contributed by atoms with Gasteiger partial charge in [0.25, 0.3) is 0 Å². The lowest BCUT2D eigenvalue weighted by atomic mass is 10.2. The Morgan fingerprint density at radius 3 is 2.60 bits per heavy atom. The minimum absolute atomic E-state index is 0.446. The van der Waals surface area contributed by atoms with Crippen LogP contribution in [0.5, 0.6) is 11.5 Å². The summed E-state index contributed by atoms with van der Waals surface area (Å²) in [5.41, 5.74) is 1.90. The van der Waals surface area contributed by atoms with E-state index in [-0.39, 0.29) is 0 Å². The van der Waals surface area contributed by atoms with Crippen LogP contribution in [0.3, 0.4) is 0 Å². The molecule has 0 aliphatic heterocycles. The van der Waals surface area contributed by atoms with Gasteiger partial charge in [-0.25, -0.2) is 0 Å². The summed E-state index contributed by atoms with van der Waals surface area (Å²) in [6.45, 7) is 0.623. The topological polar surface area (TPSA) is 81.2 Å². The molecule has 128 valence electrons. The minimum Gasteiger partial charge on any atom is -0.497 e. The van der Waals surface area contributed by atoms with Gasteiger partial charge in [-0.15, -0.1) is 5.10 Å². The molecule has 0 fully saturated rings. The fourth-order valence-electron chi connectivity index (χ4n) is 2.26. The van der Waals surface area contributed by atoms with E-state index in [2.05, 4.69) is 25.8 Å². The molecule has 0 amide bonds. The Bertz CT molecular complexity index is 827. The van der Waals surface area contributed by atoms with Gasteiger partial charge < -0.3 is 20.1 Å². The van der Waals surface area contributed by atoms with Gasteiger partial charge in [-0.1, -0.05) is 30.3 Å². The first kappa shape index (κ1) is 16.5.